The van der Waals surface area contributed by atoms with Crippen LogP contribution in [0.3, 0.4) is 0 Å². The number of rotatable bonds is 5. The van der Waals surface area contributed by atoms with E-state index in [2.05, 4.69) is 70.3 Å². The molecule has 1 heteroatoms. The first-order valence-corrected chi connectivity index (χ1v) is 11.0. The summed E-state index contributed by atoms with van der Waals surface area (Å²) in [5.41, 5.74) is 5.17. The Hall–Kier alpha value is -1.08. The van der Waals surface area contributed by atoms with Crippen LogP contribution >= 0.6 is 0 Å². The summed E-state index contributed by atoms with van der Waals surface area (Å²) in [4.78, 5) is 0. The second-order valence-corrected chi connectivity index (χ2v) is 11.4. The number of benzene rings is 1. The van der Waals surface area contributed by atoms with Crippen molar-refractivity contribution in [3.05, 3.63) is 53.1 Å². The Kier molecular flexibility index (Phi) is 4.69. The Morgan fingerprint density at radius 1 is 1.05 bits per heavy atom. The molecule has 1 aromatic carbocycles. The van der Waals surface area contributed by atoms with Gasteiger partial charge in [0.15, 0.2) is 0 Å². The molecule has 0 amide bonds. The van der Waals surface area contributed by atoms with Gasteiger partial charge in [-0.2, -0.15) is 0 Å². The van der Waals surface area contributed by atoms with Crippen molar-refractivity contribution in [1.29, 1.82) is 0 Å². The summed E-state index contributed by atoms with van der Waals surface area (Å²) in [7, 11) is -1.48. The van der Waals surface area contributed by atoms with Gasteiger partial charge in [0.1, 0.15) is 0 Å². The van der Waals surface area contributed by atoms with Crippen molar-refractivity contribution in [2.24, 2.45) is 0 Å². The van der Waals surface area contributed by atoms with Gasteiger partial charge < -0.3 is 0 Å². The van der Waals surface area contributed by atoms with Crippen LogP contribution in [0, 0.1) is 13.8 Å². The van der Waals surface area contributed by atoms with Crippen LogP contribution in [0.25, 0.3) is 0 Å². The van der Waals surface area contributed by atoms with Gasteiger partial charge in [0.25, 0.3) is 0 Å². The molecule has 1 unspecified atom stereocenters. The lowest BCUT2D eigenvalue weighted by Gasteiger charge is -2.32. The van der Waals surface area contributed by atoms with Gasteiger partial charge in [-0.25, -0.2) is 0 Å². The predicted molar refractivity (Wildman–Crippen MR) is 93.5 cm³/mol. The molecule has 20 heavy (non-hydrogen) atoms. The maximum Gasteiger partial charge on any atom is 0.0915 e. The highest BCUT2D eigenvalue weighted by Crippen LogP contribution is 2.37. The first kappa shape index (κ1) is 15.3. The fraction of sp³-hybridized carbons (Fsp3) is 0.474. The summed E-state index contributed by atoms with van der Waals surface area (Å²) in [5.74, 6) is 0. The van der Waals surface area contributed by atoms with Crippen LogP contribution in [-0.2, 0) is 0 Å². The van der Waals surface area contributed by atoms with Gasteiger partial charge in [-0.3, -0.25) is 0 Å². The molecule has 1 atom stereocenters. The molecule has 0 saturated carbocycles. The Morgan fingerprint density at radius 3 is 2.30 bits per heavy atom. The Bertz CT molecular complexity index is 514. The van der Waals surface area contributed by atoms with Crippen molar-refractivity contribution in [1.82, 2.24) is 0 Å². The van der Waals surface area contributed by atoms with E-state index in [4.69, 9.17) is 0 Å². The van der Waals surface area contributed by atoms with Gasteiger partial charge in [0, 0.05) is 0 Å². The fourth-order valence-corrected chi connectivity index (χ4v) is 6.69. The topological polar surface area (TPSA) is 0 Å². The van der Waals surface area contributed by atoms with Crippen LogP contribution in [0.15, 0.2) is 42.0 Å². The molecule has 0 fully saturated rings. The second kappa shape index (κ2) is 6.13. The van der Waals surface area contributed by atoms with Crippen LogP contribution in [0.4, 0.5) is 0 Å². The van der Waals surface area contributed by atoms with E-state index in [0.717, 1.165) is 0 Å². The largest absolute Gasteiger partial charge is 0.0915 e. The summed E-state index contributed by atoms with van der Waals surface area (Å²) >= 11 is 0. The second-order valence-electron chi connectivity index (χ2n) is 6.81. The third-order valence-corrected chi connectivity index (χ3v) is 8.47. The van der Waals surface area contributed by atoms with Crippen molar-refractivity contribution >= 4 is 13.3 Å². The molecule has 108 valence electrons. The Labute approximate surface area is 125 Å². The summed E-state index contributed by atoms with van der Waals surface area (Å²) in [5, 5.41) is 1.61. The average Bonchev–Trinajstić information content (AvgIpc) is 2.84. The third-order valence-electron chi connectivity index (χ3n) is 4.58. The van der Waals surface area contributed by atoms with Crippen LogP contribution < -0.4 is 5.19 Å². The van der Waals surface area contributed by atoms with Gasteiger partial charge in [-0.15, -0.1) is 0 Å². The lowest BCUT2D eigenvalue weighted by atomic mass is 10.1. The minimum atomic E-state index is -1.48. The molecule has 0 N–H and O–H groups in total. The van der Waals surface area contributed by atoms with E-state index < -0.39 is 8.07 Å². The zero-order valence-corrected chi connectivity index (χ0v) is 14.7. The molecular weight excluding hydrogens is 256 g/mol. The maximum atomic E-state index is 2.53. The molecule has 1 aromatic rings. The highest BCUT2D eigenvalue weighted by atomic mass is 28.3. The molecule has 0 aliphatic heterocycles. The minimum Gasteiger partial charge on any atom is -0.0797 e. The lowest BCUT2D eigenvalue weighted by Crippen LogP contribution is -2.46. The van der Waals surface area contributed by atoms with E-state index in [1.54, 1.807) is 10.8 Å². The highest BCUT2D eigenvalue weighted by molar-refractivity contribution is 6.92. The SMILES string of the molecule is CCCCC1=CC=CC1[Si](C)(C)c1cc(C)cc(C)c1. The molecule has 0 bridgehead atoms. The van der Waals surface area contributed by atoms with Gasteiger partial charge >= 0.3 is 0 Å². The summed E-state index contributed by atoms with van der Waals surface area (Å²) in [6.45, 7) is 11.8. The molecule has 0 saturated heterocycles. The van der Waals surface area contributed by atoms with Crippen molar-refractivity contribution in [3.8, 4) is 0 Å². The van der Waals surface area contributed by atoms with Gasteiger partial charge in [0.2, 0.25) is 0 Å². The van der Waals surface area contributed by atoms with Gasteiger partial charge in [-0.05, 0) is 32.2 Å². The molecule has 0 nitrogen and oxygen atoms in total. The normalized spacial score (nSPS) is 18.4. The average molecular weight is 285 g/mol. The van der Waals surface area contributed by atoms with E-state index in [1.165, 1.54) is 30.4 Å². The zero-order valence-electron chi connectivity index (χ0n) is 13.7. The maximum absolute atomic E-state index is 2.53. The van der Waals surface area contributed by atoms with Gasteiger partial charge in [0.05, 0.1) is 8.07 Å². The number of hydrogen-bond donors (Lipinski definition) is 0. The van der Waals surface area contributed by atoms with E-state index in [9.17, 15) is 0 Å². The van der Waals surface area contributed by atoms with Crippen molar-refractivity contribution in [2.75, 3.05) is 0 Å². The molecule has 1 aliphatic rings. The van der Waals surface area contributed by atoms with E-state index in [0.29, 0.717) is 5.54 Å². The quantitative estimate of drug-likeness (QED) is 0.646. The Morgan fingerprint density at radius 2 is 1.70 bits per heavy atom. The summed E-state index contributed by atoms with van der Waals surface area (Å²) in [6.07, 6.45) is 11.0. The Balaban J connectivity index is 2.29. The molecule has 0 radical (unpaired) electrons. The van der Waals surface area contributed by atoms with Crippen molar-refractivity contribution in [3.63, 3.8) is 0 Å². The monoisotopic (exact) mass is 284 g/mol. The number of hydrogen-bond acceptors (Lipinski definition) is 0. The van der Waals surface area contributed by atoms with E-state index >= 15 is 0 Å². The summed E-state index contributed by atoms with van der Waals surface area (Å²) < 4.78 is 0. The molecule has 0 heterocycles. The van der Waals surface area contributed by atoms with Crippen LogP contribution in [0.2, 0.25) is 18.6 Å². The minimum absolute atomic E-state index is 0.690. The van der Waals surface area contributed by atoms with Gasteiger partial charge in [-0.1, -0.05) is 84.8 Å². The molecule has 0 aromatic heterocycles. The number of aryl methyl sites for hydroxylation is 2. The van der Waals surface area contributed by atoms with E-state index in [-0.39, 0.29) is 0 Å². The third kappa shape index (κ3) is 3.14. The van der Waals surface area contributed by atoms with Crippen LogP contribution in [0.1, 0.15) is 37.3 Å². The smallest absolute Gasteiger partial charge is 0.0797 e. The van der Waals surface area contributed by atoms with Crippen LogP contribution in [0.5, 0.6) is 0 Å². The highest BCUT2D eigenvalue weighted by Gasteiger charge is 2.35. The standard InChI is InChI=1S/C19H28Si/c1-6-7-9-17-10-8-11-19(17)20(4,5)18-13-15(2)12-16(3)14-18/h8,10-14,19H,6-7,9H2,1-5H3. The van der Waals surface area contributed by atoms with Crippen molar-refractivity contribution < 1.29 is 0 Å². The van der Waals surface area contributed by atoms with Crippen molar-refractivity contribution in [2.45, 2.75) is 58.7 Å². The number of allylic oxidation sites excluding steroid dienone is 4. The first-order valence-electron chi connectivity index (χ1n) is 7.91. The molecule has 1 aliphatic carbocycles. The molecule has 0 spiro atoms. The predicted octanol–water partition coefficient (Wildman–Crippen LogP) is 5.28. The molecular formula is C19H28Si. The first-order chi connectivity index (χ1) is 9.45. The van der Waals surface area contributed by atoms with E-state index in [1.807, 2.05) is 0 Å². The number of unbranched alkanes of at least 4 members (excludes halogenated alkanes) is 1. The van der Waals surface area contributed by atoms with Crippen LogP contribution in [-0.4, -0.2) is 8.07 Å². The summed E-state index contributed by atoms with van der Waals surface area (Å²) in [6, 6.07) is 7.12. The lowest BCUT2D eigenvalue weighted by molar-refractivity contribution is 0.775. The molecule has 2 rings (SSSR count). The zero-order chi connectivity index (χ0) is 14.8. The fourth-order valence-electron chi connectivity index (χ4n) is 3.37.